The molecule has 0 aliphatic rings. The fourth-order valence-corrected chi connectivity index (χ4v) is 2.27. The maximum atomic E-state index is 13.4. The summed E-state index contributed by atoms with van der Waals surface area (Å²) in [6.45, 7) is 1.84. The molecule has 0 saturated carbocycles. The molecule has 2 aromatic heterocycles. The molecule has 3 rings (SSSR count). The molecule has 3 aromatic rings. The maximum Gasteiger partial charge on any atom is 0.174 e. The first-order valence-electron chi connectivity index (χ1n) is 6.11. The molecule has 2 N–H and O–H groups in total. The Morgan fingerprint density at radius 2 is 2.14 bits per heavy atom. The molecule has 7 heteroatoms. The summed E-state index contributed by atoms with van der Waals surface area (Å²) in [5.41, 5.74) is 8.57. The Balaban J connectivity index is 0.00000161. The number of fused-ring (bicyclic) bond motifs is 1. The second-order valence-electron chi connectivity index (χ2n) is 4.60. The Morgan fingerprint density at radius 1 is 1.38 bits per heavy atom. The Hall–Kier alpha value is -1.63. The van der Waals surface area contributed by atoms with Crippen LogP contribution in [0.15, 0.2) is 36.7 Å². The Bertz CT molecular complexity index is 788. The lowest BCUT2D eigenvalue weighted by Gasteiger charge is -2.12. The summed E-state index contributed by atoms with van der Waals surface area (Å²) in [6.07, 6.45) is 3.29. The van der Waals surface area contributed by atoms with Crippen LogP contribution in [-0.2, 0) is 0 Å². The SMILES string of the molecule is C[C@H](N)c1cn2ncc(Cl)c2nc1-c1cccc(F)c1.S. The number of aromatic nitrogens is 3. The number of rotatable bonds is 2. The van der Waals surface area contributed by atoms with Crippen molar-refractivity contribution in [1.29, 1.82) is 0 Å². The molecule has 1 atom stereocenters. The van der Waals surface area contributed by atoms with E-state index in [0.29, 0.717) is 21.9 Å². The number of hydrogen-bond donors (Lipinski definition) is 1. The van der Waals surface area contributed by atoms with E-state index in [-0.39, 0.29) is 25.4 Å². The first kappa shape index (κ1) is 15.8. The van der Waals surface area contributed by atoms with Crippen LogP contribution in [0.5, 0.6) is 0 Å². The lowest BCUT2D eigenvalue weighted by Crippen LogP contribution is -2.10. The predicted molar refractivity (Wildman–Crippen MR) is 86.4 cm³/mol. The highest BCUT2D eigenvalue weighted by molar-refractivity contribution is 7.59. The van der Waals surface area contributed by atoms with Gasteiger partial charge < -0.3 is 5.73 Å². The van der Waals surface area contributed by atoms with Crippen molar-refractivity contribution >= 4 is 30.7 Å². The highest BCUT2D eigenvalue weighted by Gasteiger charge is 2.15. The van der Waals surface area contributed by atoms with Crippen LogP contribution < -0.4 is 5.73 Å². The van der Waals surface area contributed by atoms with Gasteiger partial charge in [0.25, 0.3) is 0 Å². The lowest BCUT2D eigenvalue weighted by molar-refractivity contribution is 0.628. The van der Waals surface area contributed by atoms with E-state index < -0.39 is 0 Å². The van der Waals surface area contributed by atoms with E-state index in [1.807, 2.05) is 6.92 Å². The normalized spacial score (nSPS) is 12.2. The first-order valence-corrected chi connectivity index (χ1v) is 6.49. The summed E-state index contributed by atoms with van der Waals surface area (Å²) in [7, 11) is 0. The smallest absolute Gasteiger partial charge is 0.174 e. The van der Waals surface area contributed by atoms with Gasteiger partial charge in [0.2, 0.25) is 0 Å². The van der Waals surface area contributed by atoms with Gasteiger partial charge in [0.05, 0.1) is 11.9 Å². The molecule has 0 amide bonds. The summed E-state index contributed by atoms with van der Waals surface area (Å²) in [5.74, 6) is -0.320. The van der Waals surface area contributed by atoms with Gasteiger partial charge in [-0.05, 0) is 19.1 Å². The second kappa shape index (κ2) is 6.01. The Morgan fingerprint density at radius 3 is 2.81 bits per heavy atom. The van der Waals surface area contributed by atoms with E-state index in [4.69, 9.17) is 17.3 Å². The third-order valence-corrected chi connectivity index (χ3v) is 3.33. The molecule has 0 bridgehead atoms. The molecule has 0 unspecified atom stereocenters. The molecular formula is C14H14ClFN4S. The van der Waals surface area contributed by atoms with Gasteiger partial charge in [0, 0.05) is 23.4 Å². The van der Waals surface area contributed by atoms with Crippen LogP contribution in [0.3, 0.4) is 0 Å². The van der Waals surface area contributed by atoms with Gasteiger partial charge in [-0.15, -0.1) is 0 Å². The topological polar surface area (TPSA) is 56.2 Å². The van der Waals surface area contributed by atoms with Gasteiger partial charge in [-0.3, -0.25) is 0 Å². The zero-order valence-electron chi connectivity index (χ0n) is 11.2. The number of benzene rings is 1. The molecule has 0 aliphatic carbocycles. The quantitative estimate of drug-likeness (QED) is 0.786. The van der Waals surface area contributed by atoms with E-state index in [9.17, 15) is 4.39 Å². The lowest BCUT2D eigenvalue weighted by atomic mass is 10.0. The van der Waals surface area contributed by atoms with Gasteiger partial charge in [0.1, 0.15) is 10.8 Å². The number of hydrogen-bond acceptors (Lipinski definition) is 3. The van der Waals surface area contributed by atoms with Crippen molar-refractivity contribution in [2.24, 2.45) is 5.73 Å². The molecule has 0 fully saturated rings. The second-order valence-corrected chi connectivity index (χ2v) is 5.01. The highest BCUT2D eigenvalue weighted by atomic mass is 35.5. The van der Waals surface area contributed by atoms with E-state index in [0.717, 1.165) is 5.56 Å². The molecular weight excluding hydrogens is 311 g/mol. The first-order chi connectivity index (χ1) is 9.56. The van der Waals surface area contributed by atoms with Crippen LogP contribution in [-0.4, -0.2) is 14.6 Å². The number of nitrogens with zero attached hydrogens (tertiary/aromatic N) is 3. The molecule has 0 saturated heterocycles. The fraction of sp³-hybridized carbons (Fsp3) is 0.143. The average molecular weight is 325 g/mol. The summed E-state index contributed by atoms with van der Waals surface area (Å²) >= 11 is 6.04. The summed E-state index contributed by atoms with van der Waals surface area (Å²) in [6, 6.07) is 5.99. The molecule has 21 heavy (non-hydrogen) atoms. The van der Waals surface area contributed by atoms with Gasteiger partial charge in [-0.2, -0.15) is 18.6 Å². The van der Waals surface area contributed by atoms with Gasteiger partial charge in [-0.25, -0.2) is 13.9 Å². The molecule has 0 spiro atoms. The predicted octanol–water partition coefficient (Wildman–Crippen LogP) is 3.32. The minimum Gasteiger partial charge on any atom is -0.324 e. The highest BCUT2D eigenvalue weighted by Crippen LogP contribution is 2.28. The van der Waals surface area contributed by atoms with E-state index in [1.165, 1.54) is 18.3 Å². The molecule has 4 nitrogen and oxygen atoms in total. The van der Waals surface area contributed by atoms with Crippen molar-refractivity contribution in [2.45, 2.75) is 13.0 Å². The van der Waals surface area contributed by atoms with Crippen LogP contribution in [0.1, 0.15) is 18.5 Å². The number of halogens is 2. The average Bonchev–Trinajstić information content (AvgIpc) is 2.78. The zero-order valence-corrected chi connectivity index (χ0v) is 13.0. The van der Waals surface area contributed by atoms with E-state index in [2.05, 4.69) is 10.1 Å². The zero-order chi connectivity index (χ0) is 14.3. The minimum atomic E-state index is -0.320. The minimum absolute atomic E-state index is 0. The van der Waals surface area contributed by atoms with Crippen molar-refractivity contribution in [3.8, 4) is 11.3 Å². The van der Waals surface area contributed by atoms with Crippen molar-refractivity contribution in [1.82, 2.24) is 14.6 Å². The van der Waals surface area contributed by atoms with Gasteiger partial charge in [-0.1, -0.05) is 23.7 Å². The molecule has 110 valence electrons. The summed E-state index contributed by atoms with van der Waals surface area (Å²) in [4.78, 5) is 4.49. The molecule has 1 aromatic carbocycles. The van der Waals surface area contributed by atoms with Gasteiger partial charge in [0.15, 0.2) is 5.65 Å². The van der Waals surface area contributed by atoms with E-state index in [1.54, 1.807) is 22.8 Å². The maximum absolute atomic E-state index is 13.4. The Labute approximate surface area is 133 Å². The van der Waals surface area contributed by atoms with Crippen LogP contribution in [0.25, 0.3) is 16.9 Å². The van der Waals surface area contributed by atoms with E-state index >= 15 is 0 Å². The molecule has 2 heterocycles. The molecule has 0 aliphatic heterocycles. The van der Waals surface area contributed by atoms with Crippen LogP contribution in [0, 0.1) is 5.82 Å². The van der Waals surface area contributed by atoms with Crippen molar-refractivity contribution < 1.29 is 4.39 Å². The third-order valence-electron chi connectivity index (χ3n) is 3.07. The summed E-state index contributed by atoms with van der Waals surface area (Å²) < 4.78 is 15.0. The van der Waals surface area contributed by atoms with Crippen LogP contribution in [0.2, 0.25) is 5.02 Å². The molecule has 0 radical (unpaired) electrons. The van der Waals surface area contributed by atoms with Crippen molar-refractivity contribution in [3.05, 3.63) is 53.1 Å². The van der Waals surface area contributed by atoms with Crippen LogP contribution >= 0.6 is 25.1 Å². The van der Waals surface area contributed by atoms with Gasteiger partial charge >= 0.3 is 0 Å². The van der Waals surface area contributed by atoms with Crippen LogP contribution in [0.4, 0.5) is 4.39 Å². The largest absolute Gasteiger partial charge is 0.324 e. The number of nitrogens with two attached hydrogens (primary N) is 1. The third kappa shape index (κ3) is 2.88. The van der Waals surface area contributed by atoms with Crippen molar-refractivity contribution in [2.75, 3.05) is 0 Å². The summed E-state index contributed by atoms with van der Waals surface area (Å²) in [5, 5.41) is 4.55. The van der Waals surface area contributed by atoms with Crippen molar-refractivity contribution in [3.63, 3.8) is 0 Å². The Kier molecular flexibility index (Phi) is 4.51. The fourth-order valence-electron chi connectivity index (χ4n) is 2.10. The monoisotopic (exact) mass is 324 g/mol. The standard InChI is InChI=1S/C14H12ClFN4.H2S/c1-8(17)11-7-20-14(12(15)6-18-20)19-13(11)9-3-2-4-10(16)5-9;/h2-8H,17H2,1H3;1H2/t8-;/m0./s1.